The van der Waals surface area contributed by atoms with E-state index < -0.39 is 0 Å². The van der Waals surface area contributed by atoms with Gasteiger partial charge in [-0.05, 0) is 33.1 Å². The van der Waals surface area contributed by atoms with Gasteiger partial charge in [-0.2, -0.15) is 0 Å². The Kier molecular flexibility index (Phi) is 12.4. The maximum Gasteiger partial charge on any atom is 0.129 e. The number of carbonyl (C=O) groups excluding carboxylic acids is 1. The van der Waals surface area contributed by atoms with E-state index in [1.54, 1.807) is 6.92 Å². The van der Waals surface area contributed by atoms with Crippen molar-refractivity contribution < 1.29 is 4.79 Å². The van der Waals surface area contributed by atoms with Crippen LogP contribution in [0.15, 0.2) is 23.8 Å². The topological polar surface area (TPSA) is 17.1 Å². The fourth-order valence-corrected chi connectivity index (χ4v) is 1.06. The van der Waals surface area contributed by atoms with Crippen molar-refractivity contribution in [1.82, 2.24) is 0 Å². The molecule has 0 saturated carbocycles. The second-order valence-electron chi connectivity index (χ2n) is 3.58. The van der Waals surface area contributed by atoms with Crippen molar-refractivity contribution in [3.63, 3.8) is 0 Å². The van der Waals surface area contributed by atoms with Gasteiger partial charge in [0.05, 0.1) is 0 Å². The highest BCUT2D eigenvalue weighted by atomic mass is 16.1. The van der Waals surface area contributed by atoms with Gasteiger partial charge < -0.3 is 4.79 Å². The molecule has 0 amide bonds. The van der Waals surface area contributed by atoms with E-state index in [0.29, 0.717) is 12.3 Å². The van der Waals surface area contributed by atoms with Crippen molar-refractivity contribution in [2.24, 2.45) is 5.92 Å². The molecule has 88 valence electrons. The predicted octanol–water partition coefficient (Wildman–Crippen LogP) is 4.54. The van der Waals surface area contributed by atoms with Gasteiger partial charge >= 0.3 is 0 Å². The molecule has 0 aromatic heterocycles. The minimum absolute atomic E-state index is 0.283. The highest BCUT2D eigenvalue weighted by Gasteiger charge is 2.04. The molecule has 0 aromatic carbocycles. The lowest BCUT2D eigenvalue weighted by Crippen LogP contribution is -2.00. The SMILES string of the molecule is C/C=C\C=C(/C)C(C)CCC(C)=O.CC. The Hall–Kier alpha value is -0.850. The van der Waals surface area contributed by atoms with Gasteiger partial charge in [0.15, 0.2) is 0 Å². The Bertz CT molecular complexity index is 211. The van der Waals surface area contributed by atoms with Crippen molar-refractivity contribution in [2.75, 3.05) is 0 Å². The monoisotopic (exact) mass is 210 g/mol. The summed E-state index contributed by atoms with van der Waals surface area (Å²) in [7, 11) is 0. The smallest absolute Gasteiger partial charge is 0.129 e. The average molecular weight is 210 g/mol. The fraction of sp³-hybridized carbons (Fsp3) is 0.643. The van der Waals surface area contributed by atoms with Gasteiger partial charge in [-0.15, -0.1) is 0 Å². The minimum Gasteiger partial charge on any atom is -0.300 e. The van der Waals surface area contributed by atoms with E-state index >= 15 is 0 Å². The molecule has 0 N–H and O–H groups in total. The van der Waals surface area contributed by atoms with Crippen LogP contribution in [-0.2, 0) is 4.79 Å². The summed E-state index contributed by atoms with van der Waals surface area (Å²) in [6, 6.07) is 0. The summed E-state index contributed by atoms with van der Waals surface area (Å²) in [4.78, 5) is 10.8. The van der Waals surface area contributed by atoms with Crippen LogP contribution in [-0.4, -0.2) is 5.78 Å². The standard InChI is InChI=1S/C12H20O.C2H6/c1-5-6-7-10(2)11(3)8-9-12(4)13;1-2/h5-7,11H,8-9H2,1-4H3;1-2H3/b6-5-,10-7+;. The maximum atomic E-state index is 10.8. The molecule has 0 saturated heterocycles. The molecule has 0 fully saturated rings. The van der Waals surface area contributed by atoms with Gasteiger partial charge in [-0.1, -0.05) is 44.6 Å². The van der Waals surface area contributed by atoms with Crippen molar-refractivity contribution in [3.05, 3.63) is 23.8 Å². The summed E-state index contributed by atoms with van der Waals surface area (Å²) < 4.78 is 0. The Morgan fingerprint density at radius 1 is 1.27 bits per heavy atom. The number of Topliss-reactive ketones (excluding diaryl/α,β-unsaturated/α-hetero) is 1. The number of hydrogen-bond donors (Lipinski definition) is 0. The van der Waals surface area contributed by atoms with Crippen LogP contribution in [0, 0.1) is 5.92 Å². The van der Waals surface area contributed by atoms with Crippen LogP contribution in [0.5, 0.6) is 0 Å². The molecule has 0 aromatic rings. The molecular weight excluding hydrogens is 184 g/mol. The zero-order valence-electron chi connectivity index (χ0n) is 11.1. The number of hydrogen-bond acceptors (Lipinski definition) is 1. The maximum absolute atomic E-state index is 10.8. The second-order valence-corrected chi connectivity index (χ2v) is 3.58. The molecule has 1 atom stereocenters. The average Bonchev–Trinajstić information content (AvgIpc) is 2.25. The predicted molar refractivity (Wildman–Crippen MR) is 69.0 cm³/mol. The molecule has 0 bridgehead atoms. The first kappa shape index (κ1) is 16.6. The van der Waals surface area contributed by atoms with E-state index in [0.717, 1.165) is 6.42 Å². The van der Waals surface area contributed by atoms with Gasteiger partial charge in [0.1, 0.15) is 5.78 Å². The molecule has 0 aliphatic carbocycles. The largest absolute Gasteiger partial charge is 0.300 e. The molecule has 0 aliphatic heterocycles. The molecule has 0 heterocycles. The number of rotatable bonds is 5. The third-order valence-electron chi connectivity index (χ3n) is 2.26. The summed E-state index contributed by atoms with van der Waals surface area (Å²) in [5, 5.41) is 0. The van der Waals surface area contributed by atoms with E-state index in [4.69, 9.17) is 0 Å². The molecule has 1 heteroatoms. The van der Waals surface area contributed by atoms with Crippen LogP contribution in [0.25, 0.3) is 0 Å². The first-order valence-corrected chi connectivity index (χ1v) is 5.86. The van der Waals surface area contributed by atoms with Crippen molar-refractivity contribution in [2.45, 2.75) is 54.4 Å². The molecule has 0 rings (SSSR count). The minimum atomic E-state index is 0.283. The Labute approximate surface area is 95.3 Å². The summed E-state index contributed by atoms with van der Waals surface area (Å²) in [6.07, 6.45) is 7.84. The first-order chi connectivity index (χ1) is 7.07. The van der Waals surface area contributed by atoms with E-state index in [1.165, 1.54) is 5.57 Å². The van der Waals surface area contributed by atoms with Crippen LogP contribution in [0.1, 0.15) is 54.4 Å². The third kappa shape index (κ3) is 11.1. The third-order valence-corrected chi connectivity index (χ3v) is 2.26. The Morgan fingerprint density at radius 2 is 1.80 bits per heavy atom. The number of carbonyl (C=O) groups is 1. The highest BCUT2D eigenvalue weighted by Crippen LogP contribution is 2.15. The Morgan fingerprint density at radius 3 is 2.20 bits per heavy atom. The highest BCUT2D eigenvalue weighted by molar-refractivity contribution is 5.75. The van der Waals surface area contributed by atoms with E-state index in [2.05, 4.69) is 19.9 Å². The summed E-state index contributed by atoms with van der Waals surface area (Å²) >= 11 is 0. The van der Waals surface area contributed by atoms with E-state index in [9.17, 15) is 4.79 Å². The van der Waals surface area contributed by atoms with Crippen molar-refractivity contribution >= 4 is 5.78 Å². The van der Waals surface area contributed by atoms with Crippen LogP contribution in [0.3, 0.4) is 0 Å². The Balaban J connectivity index is 0. The lowest BCUT2D eigenvalue weighted by Gasteiger charge is -2.09. The summed E-state index contributed by atoms with van der Waals surface area (Å²) in [5.74, 6) is 0.797. The van der Waals surface area contributed by atoms with E-state index in [1.807, 2.05) is 32.9 Å². The molecule has 1 nitrogen and oxygen atoms in total. The van der Waals surface area contributed by atoms with Crippen LogP contribution >= 0.6 is 0 Å². The quantitative estimate of drug-likeness (QED) is 0.609. The van der Waals surface area contributed by atoms with Gasteiger partial charge in [0.2, 0.25) is 0 Å². The normalized spacial score (nSPS) is 13.3. The molecule has 15 heavy (non-hydrogen) atoms. The van der Waals surface area contributed by atoms with Crippen LogP contribution in [0.4, 0.5) is 0 Å². The van der Waals surface area contributed by atoms with Gasteiger partial charge in [-0.25, -0.2) is 0 Å². The second kappa shape index (κ2) is 11.2. The lowest BCUT2D eigenvalue weighted by atomic mass is 9.96. The molecule has 1 unspecified atom stereocenters. The van der Waals surface area contributed by atoms with Gasteiger partial charge in [0, 0.05) is 6.42 Å². The zero-order valence-corrected chi connectivity index (χ0v) is 11.1. The van der Waals surface area contributed by atoms with Crippen molar-refractivity contribution in [3.8, 4) is 0 Å². The van der Waals surface area contributed by atoms with Crippen LogP contribution in [0.2, 0.25) is 0 Å². The molecule has 0 spiro atoms. The molecular formula is C14H26O. The number of ketones is 1. The van der Waals surface area contributed by atoms with E-state index in [-0.39, 0.29) is 5.78 Å². The zero-order chi connectivity index (χ0) is 12.3. The fourth-order valence-electron chi connectivity index (χ4n) is 1.06. The van der Waals surface area contributed by atoms with Crippen molar-refractivity contribution in [1.29, 1.82) is 0 Å². The van der Waals surface area contributed by atoms with Gasteiger partial charge in [-0.3, -0.25) is 0 Å². The van der Waals surface area contributed by atoms with Crippen LogP contribution < -0.4 is 0 Å². The first-order valence-electron chi connectivity index (χ1n) is 5.86. The van der Waals surface area contributed by atoms with Gasteiger partial charge in [0.25, 0.3) is 0 Å². The number of allylic oxidation sites excluding steroid dienone is 4. The summed E-state index contributed by atoms with van der Waals surface area (Å²) in [5.41, 5.74) is 1.35. The molecule has 0 radical (unpaired) electrons. The molecule has 0 aliphatic rings. The summed E-state index contributed by atoms with van der Waals surface area (Å²) in [6.45, 7) is 11.9. The lowest BCUT2D eigenvalue weighted by molar-refractivity contribution is -0.117.